The molecule has 2 rings (SSSR count). The van der Waals surface area contributed by atoms with Crippen molar-refractivity contribution >= 4 is 22.2 Å². The summed E-state index contributed by atoms with van der Waals surface area (Å²) >= 11 is 1.62. The first-order chi connectivity index (χ1) is 12.4. The molecule has 0 aliphatic rings. The van der Waals surface area contributed by atoms with Crippen LogP contribution in [0.25, 0.3) is 0 Å². The molecule has 0 aliphatic carbocycles. The average molecular weight is 370 g/mol. The highest BCUT2D eigenvalue weighted by Gasteiger charge is 2.21. The lowest BCUT2D eigenvalue weighted by atomic mass is 10.1. The standard InChI is InChI=1S/C21H27N3OS/c1-5-6-10-20(25)24(14-18-9-7-8-17(12-18)13-22)21-16(4)23-19(26-21)11-15(2)3/h7-9,12,15H,5-6,10-11,14H2,1-4H3. The van der Waals surface area contributed by atoms with Crippen LogP contribution < -0.4 is 4.90 Å². The Balaban J connectivity index is 2.33. The molecule has 0 fully saturated rings. The number of aryl methyl sites for hydroxylation is 1. The van der Waals surface area contributed by atoms with Crippen molar-refractivity contribution in [2.75, 3.05) is 4.90 Å². The van der Waals surface area contributed by atoms with E-state index in [0.29, 0.717) is 24.4 Å². The summed E-state index contributed by atoms with van der Waals surface area (Å²) in [5, 5.41) is 11.1. The maximum atomic E-state index is 12.9. The molecule has 0 atom stereocenters. The topological polar surface area (TPSA) is 57.0 Å². The third kappa shape index (κ3) is 5.40. The molecule has 0 spiro atoms. The average Bonchev–Trinajstić information content (AvgIpc) is 2.96. The van der Waals surface area contributed by atoms with Gasteiger partial charge in [-0.2, -0.15) is 5.26 Å². The van der Waals surface area contributed by atoms with Crippen LogP contribution in [0.15, 0.2) is 24.3 Å². The van der Waals surface area contributed by atoms with Gasteiger partial charge < -0.3 is 0 Å². The Labute approximate surface area is 160 Å². The monoisotopic (exact) mass is 369 g/mol. The van der Waals surface area contributed by atoms with E-state index in [1.807, 2.05) is 30.0 Å². The molecule has 26 heavy (non-hydrogen) atoms. The molecule has 1 heterocycles. The molecule has 0 unspecified atom stereocenters. The molecule has 0 aliphatic heterocycles. The number of nitriles is 1. The Kier molecular flexibility index (Phi) is 7.35. The van der Waals surface area contributed by atoms with Crippen LogP contribution in [0, 0.1) is 24.2 Å². The first-order valence-electron chi connectivity index (χ1n) is 9.20. The zero-order valence-electron chi connectivity index (χ0n) is 16.1. The first kappa shape index (κ1) is 20.1. The number of carbonyl (C=O) groups excluding carboxylic acids is 1. The molecule has 4 nitrogen and oxygen atoms in total. The molecule has 2 aromatic rings. The van der Waals surface area contributed by atoms with Gasteiger partial charge in [0, 0.05) is 12.8 Å². The molecule has 0 radical (unpaired) electrons. The Bertz CT molecular complexity index is 789. The summed E-state index contributed by atoms with van der Waals surface area (Å²) in [4.78, 5) is 19.4. The number of hydrogen-bond acceptors (Lipinski definition) is 4. The smallest absolute Gasteiger partial charge is 0.227 e. The highest BCUT2D eigenvalue weighted by atomic mass is 32.1. The van der Waals surface area contributed by atoms with E-state index < -0.39 is 0 Å². The van der Waals surface area contributed by atoms with Gasteiger partial charge in [0.1, 0.15) is 5.00 Å². The van der Waals surface area contributed by atoms with Gasteiger partial charge in [-0.05, 0) is 37.0 Å². The van der Waals surface area contributed by atoms with Gasteiger partial charge in [0.2, 0.25) is 5.91 Å². The van der Waals surface area contributed by atoms with Crippen LogP contribution >= 0.6 is 11.3 Å². The van der Waals surface area contributed by atoms with E-state index in [0.717, 1.165) is 40.5 Å². The van der Waals surface area contributed by atoms with Crippen molar-refractivity contribution in [2.45, 2.75) is 59.9 Å². The summed E-state index contributed by atoms with van der Waals surface area (Å²) in [6.45, 7) is 8.89. The van der Waals surface area contributed by atoms with Gasteiger partial charge in [-0.15, -0.1) is 11.3 Å². The Hall–Kier alpha value is -2.19. The van der Waals surface area contributed by atoms with Crippen molar-refractivity contribution in [1.82, 2.24) is 4.98 Å². The lowest BCUT2D eigenvalue weighted by molar-refractivity contribution is -0.118. The number of unbranched alkanes of at least 4 members (excludes halogenated alkanes) is 1. The molecular weight excluding hydrogens is 342 g/mol. The van der Waals surface area contributed by atoms with Crippen LogP contribution in [0.2, 0.25) is 0 Å². The predicted octanol–water partition coefficient (Wildman–Crippen LogP) is 5.25. The fourth-order valence-electron chi connectivity index (χ4n) is 2.79. The van der Waals surface area contributed by atoms with Crippen LogP contribution in [-0.2, 0) is 17.8 Å². The van der Waals surface area contributed by atoms with Crippen molar-refractivity contribution in [3.63, 3.8) is 0 Å². The Morgan fingerprint density at radius 1 is 1.38 bits per heavy atom. The number of thiazole rings is 1. The van der Waals surface area contributed by atoms with Gasteiger partial charge in [0.15, 0.2) is 0 Å². The summed E-state index contributed by atoms with van der Waals surface area (Å²) in [7, 11) is 0. The number of carbonyl (C=O) groups is 1. The van der Waals surface area contributed by atoms with Crippen LogP contribution in [-0.4, -0.2) is 10.9 Å². The van der Waals surface area contributed by atoms with E-state index in [4.69, 9.17) is 5.26 Å². The molecule has 0 N–H and O–H groups in total. The number of anilines is 1. The summed E-state index contributed by atoms with van der Waals surface area (Å²) in [5.41, 5.74) is 2.49. The van der Waals surface area contributed by atoms with Crippen LogP contribution in [0.5, 0.6) is 0 Å². The zero-order chi connectivity index (χ0) is 19.1. The number of hydrogen-bond donors (Lipinski definition) is 0. The number of rotatable bonds is 8. The second-order valence-electron chi connectivity index (χ2n) is 6.99. The second-order valence-corrected chi connectivity index (χ2v) is 8.05. The summed E-state index contributed by atoms with van der Waals surface area (Å²) in [6.07, 6.45) is 3.33. The van der Waals surface area contributed by atoms with Crippen LogP contribution in [0.1, 0.15) is 61.9 Å². The normalized spacial score (nSPS) is 10.8. The van der Waals surface area contributed by atoms with Gasteiger partial charge in [0.25, 0.3) is 0 Å². The maximum absolute atomic E-state index is 12.9. The molecule has 0 saturated carbocycles. The van der Waals surface area contributed by atoms with Gasteiger partial charge >= 0.3 is 0 Å². The van der Waals surface area contributed by atoms with Crippen LogP contribution in [0.3, 0.4) is 0 Å². The molecule has 1 aromatic heterocycles. The van der Waals surface area contributed by atoms with Crippen molar-refractivity contribution < 1.29 is 4.79 Å². The molecule has 138 valence electrons. The van der Waals surface area contributed by atoms with Gasteiger partial charge in [0.05, 0.1) is 28.9 Å². The third-order valence-electron chi connectivity index (χ3n) is 4.09. The maximum Gasteiger partial charge on any atom is 0.227 e. The fourth-order valence-corrected chi connectivity index (χ4v) is 4.08. The van der Waals surface area contributed by atoms with Crippen molar-refractivity contribution in [3.05, 3.63) is 46.1 Å². The number of nitrogens with zero attached hydrogens (tertiary/aromatic N) is 3. The Morgan fingerprint density at radius 2 is 2.15 bits per heavy atom. The van der Waals surface area contributed by atoms with E-state index in [2.05, 4.69) is 31.8 Å². The fraction of sp³-hybridized carbons (Fsp3) is 0.476. The Morgan fingerprint density at radius 3 is 2.81 bits per heavy atom. The first-order valence-corrected chi connectivity index (χ1v) is 10.0. The molecule has 0 saturated heterocycles. The van der Waals surface area contributed by atoms with Crippen molar-refractivity contribution in [3.8, 4) is 6.07 Å². The van der Waals surface area contributed by atoms with Gasteiger partial charge in [-0.25, -0.2) is 4.98 Å². The van der Waals surface area contributed by atoms with E-state index >= 15 is 0 Å². The quantitative estimate of drug-likeness (QED) is 0.639. The predicted molar refractivity (Wildman–Crippen MR) is 107 cm³/mol. The molecule has 0 bridgehead atoms. The van der Waals surface area contributed by atoms with Crippen molar-refractivity contribution in [1.29, 1.82) is 5.26 Å². The SMILES string of the molecule is CCCCC(=O)N(Cc1cccc(C#N)c1)c1sc(CC(C)C)nc1C. The summed E-state index contributed by atoms with van der Waals surface area (Å²) in [6, 6.07) is 9.64. The number of amides is 1. The van der Waals surface area contributed by atoms with E-state index in [1.165, 1.54) is 0 Å². The minimum Gasteiger partial charge on any atom is -0.298 e. The second kappa shape index (κ2) is 9.49. The summed E-state index contributed by atoms with van der Waals surface area (Å²) in [5.74, 6) is 0.655. The molecule has 5 heteroatoms. The minimum atomic E-state index is 0.122. The number of aromatic nitrogens is 1. The minimum absolute atomic E-state index is 0.122. The summed E-state index contributed by atoms with van der Waals surface area (Å²) < 4.78 is 0. The van der Waals surface area contributed by atoms with E-state index in [1.54, 1.807) is 17.4 Å². The third-order valence-corrected chi connectivity index (χ3v) is 5.29. The van der Waals surface area contributed by atoms with Gasteiger partial charge in [-0.1, -0.05) is 39.3 Å². The molecular formula is C21H27N3OS. The molecule has 1 aromatic carbocycles. The lowest BCUT2D eigenvalue weighted by Crippen LogP contribution is -2.30. The number of benzene rings is 1. The van der Waals surface area contributed by atoms with Crippen LogP contribution in [0.4, 0.5) is 5.00 Å². The highest BCUT2D eigenvalue weighted by Crippen LogP contribution is 2.31. The largest absolute Gasteiger partial charge is 0.298 e. The van der Waals surface area contributed by atoms with Crippen molar-refractivity contribution in [2.24, 2.45) is 5.92 Å². The van der Waals surface area contributed by atoms with E-state index in [-0.39, 0.29) is 5.91 Å². The van der Waals surface area contributed by atoms with Gasteiger partial charge in [-0.3, -0.25) is 9.69 Å². The molecule has 1 amide bonds. The highest BCUT2D eigenvalue weighted by molar-refractivity contribution is 7.16. The lowest BCUT2D eigenvalue weighted by Gasteiger charge is -2.22. The zero-order valence-corrected chi connectivity index (χ0v) is 16.9. The van der Waals surface area contributed by atoms with E-state index in [9.17, 15) is 4.79 Å².